The monoisotopic (exact) mass is 352 g/mol. The Kier molecular flexibility index (Phi) is 4.31. The van der Waals surface area contributed by atoms with Crippen molar-refractivity contribution in [2.24, 2.45) is 0 Å². The molecule has 4 rings (SSSR count). The molecule has 0 aliphatic carbocycles. The van der Waals surface area contributed by atoms with Gasteiger partial charge in [0.2, 0.25) is 5.91 Å². The number of hydrogen-bond donors (Lipinski definition) is 2. The van der Waals surface area contributed by atoms with Crippen LogP contribution in [0.2, 0.25) is 0 Å². The van der Waals surface area contributed by atoms with Gasteiger partial charge in [-0.1, -0.05) is 0 Å². The Morgan fingerprint density at radius 2 is 2.38 bits per heavy atom. The third kappa shape index (κ3) is 2.70. The van der Waals surface area contributed by atoms with Crippen molar-refractivity contribution in [1.29, 1.82) is 5.26 Å². The van der Waals surface area contributed by atoms with Gasteiger partial charge in [0.25, 0.3) is 0 Å². The summed E-state index contributed by atoms with van der Waals surface area (Å²) in [7, 11) is 0. The number of pyridine rings is 1. The quantitative estimate of drug-likeness (QED) is 0.740. The highest BCUT2D eigenvalue weighted by atomic mass is 16.3. The number of nitriles is 1. The summed E-state index contributed by atoms with van der Waals surface area (Å²) in [5, 5.41) is 19.3. The molecule has 26 heavy (non-hydrogen) atoms. The molecule has 1 amide bonds. The minimum absolute atomic E-state index is 0.0107. The maximum Gasteiger partial charge on any atom is 0.236 e. The largest absolute Gasteiger partial charge is 0.396 e. The van der Waals surface area contributed by atoms with Crippen LogP contribution >= 0.6 is 0 Å². The molecule has 8 nitrogen and oxygen atoms in total. The van der Waals surface area contributed by atoms with E-state index in [0.29, 0.717) is 19.5 Å². The van der Waals surface area contributed by atoms with Crippen molar-refractivity contribution in [3.05, 3.63) is 24.3 Å². The number of H-pyrrole nitrogens is 1. The molecule has 0 bridgehead atoms. The van der Waals surface area contributed by atoms with Crippen molar-refractivity contribution in [3.63, 3.8) is 0 Å². The Balaban J connectivity index is 1.81. The Morgan fingerprint density at radius 3 is 3.19 bits per heavy atom. The highest BCUT2D eigenvalue weighted by molar-refractivity contribution is 6.01. The number of aromatic nitrogens is 4. The number of nitrogens with one attached hydrogen (secondary N) is 1. The topological polar surface area (TPSA) is 111 Å². The van der Waals surface area contributed by atoms with Crippen LogP contribution in [0.15, 0.2) is 18.5 Å². The maximum absolute atomic E-state index is 12.2. The lowest BCUT2D eigenvalue weighted by Crippen LogP contribution is -2.40. The highest BCUT2D eigenvalue weighted by Crippen LogP contribution is 2.31. The van der Waals surface area contributed by atoms with E-state index in [4.69, 9.17) is 5.26 Å². The van der Waals surface area contributed by atoms with Gasteiger partial charge < -0.3 is 19.6 Å². The smallest absolute Gasteiger partial charge is 0.236 e. The van der Waals surface area contributed by atoms with Gasteiger partial charge in [0.05, 0.1) is 30.4 Å². The lowest BCUT2D eigenvalue weighted by Gasteiger charge is -2.34. The predicted molar refractivity (Wildman–Crippen MR) is 95.3 cm³/mol. The predicted octanol–water partition coefficient (Wildman–Crippen LogP) is 1.52. The van der Waals surface area contributed by atoms with E-state index in [-0.39, 0.29) is 25.0 Å². The minimum atomic E-state index is -0.126. The van der Waals surface area contributed by atoms with E-state index >= 15 is 0 Å². The number of rotatable bonds is 4. The van der Waals surface area contributed by atoms with Gasteiger partial charge >= 0.3 is 0 Å². The van der Waals surface area contributed by atoms with Crippen molar-refractivity contribution in [3.8, 4) is 6.07 Å². The Hall–Kier alpha value is -2.92. The Bertz CT molecular complexity index is 998. The Labute approximate surface area is 150 Å². The lowest BCUT2D eigenvalue weighted by molar-refractivity contribution is -0.131. The van der Waals surface area contributed by atoms with Crippen LogP contribution in [0.4, 0.5) is 0 Å². The molecule has 3 aromatic rings. The van der Waals surface area contributed by atoms with Gasteiger partial charge in [0, 0.05) is 31.1 Å². The number of aliphatic hydroxyl groups excluding tert-OH is 1. The molecule has 0 saturated carbocycles. The van der Waals surface area contributed by atoms with Crippen LogP contribution in [0.25, 0.3) is 22.1 Å². The van der Waals surface area contributed by atoms with E-state index in [0.717, 1.165) is 40.7 Å². The summed E-state index contributed by atoms with van der Waals surface area (Å²) >= 11 is 0. The summed E-state index contributed by atoms with van der Waals surface area (Å²) in [5.41, 5.74) is 2.57. The van der Waals surface area contributed by atoms with Crippen LogP contribution in [0, 0.1) is 11.3 Å². The van der Waals surface area contributed by atoms with Crippen molar-refractivity contribution in [1.82, 2.24) is 24.4 Å². The zero-order chi connectivity index (χ0) is 18.1. The van der Waals surface area contributed by atoms with Gasteiger partial charge in [-0.25, -0.2) is 9.97 Å². The van der Waals surface area contributed by atoms with Gasteiger partial charge in [0.1, 0.15) is 23.4 Å². The zero-order valence-corrected chi connectivity index (χ0v) is 14.4. The fourth-order valence-electron chi connectivity index (χ4n) is 3.88. The summed E-state index contributed by atoms with van der Waals surface area (Å²) in [6.07, 6.45) is 5.75. The summed E-state index contributed by atoms with van der Waals surface area (Å²) in [5.74, 6) is 0.677. The number of carbonyl (C=O) groups excluding carboxylic acids is 1. The van der Waals surface area contributed by atoms with Crippen molar-refractivity contribution in [2.45, 2.75) is 31.7 Å². The first kappa shape index (κ1) is 16.5. The summed E-state index contributed by atoms with van der Waals surface area (Å²) in [6, 6.07) is 3.99. The Morgan fingerprint density at radius 1 is 1.50 bits per heavy atom. The van der Waals surface area contributed by atoms with Crippen LogP contribution in [-0.2, 0) is 11.2 Å². The van der Waals surface area contributed by atoms with Gasteiger partial charge in [-0.2, -0.15) is 5.26 Å². The number of carbonyl (C=O) groups is 1. The molecule has 2 N–H and O–H groups in total. The number of amides is 1. The highest BCUT2D eigenvalue weighted by Gasteiger charge is 2.28. The second-order valence-electron chi connectivity index (χ2n) is 6.57. The normalized spacial score (nSPS) is 17.7. The summed E-state index contributed by atoms with van der Waals surface area (Å²) in [6.45, 7) is 1.25. The second kappa shape index (κ2) is 6.77. The number of piperidine rings is 1. The van der Waals surface area contributed by atoms with Crippen LogP contribution < -0.4 is 0 Å². The van der Waals surface area contributed by atoms with E-state index in [1.165, 1.54) is 0 Å². The van der Waals surface area contributed by atoms with E-state index in [2.05, 4.69) is 19.5 Å². The molecule has 1 aliphatic heterocycles. The maximum atomic E-state index is 12.2. The van der Waals surface area contributed by atoms with Gasteiger partial charge in [-0.05, 0) is 18.9 Å². The first-order valence-corrected chi connectivity index (χ1v) is 8.81. The number of nitrogens with zero attached hydrogens (tertiary/aromatic N) is 5. The molecule has 134 valence electrons. The van der Waals surface area contributed by atoms with Crippen LogP contribution in [0.1, 0.15) is 31.1 Å². The third-order valence-electron chi connectivity index (χ3n) is 4.99. The average molecular weight is 352 g/mol. The van der Waals surface area contributed by atoms with E-state index < -0.39 is 0 Å². The third-order valence-corrected chi connectivity index (χ3v) is 4.99. The molecule has 1 saturated heterocycles. The molecule has 0 spiro atoms. The second-order valence-corrected chi connectivity index (χ2v) is 6.57. The number of aromatic amines is 1. The van der Waals surface area contributed by atoms with E-state index in [9.17, 15) is 9.90 Å². The SMILES string of the molecule is N#CCC(=O)N1CCC[C@@H](n2c(CCO)nc3cnc4[nH]ccc4c32)C1. The van der Waals surface area contributed by atoms with Crippen molar-refractivity contribution >= 4 is 28.0 Å². The van der Waals surface area contributed by atoms with Gasteiger partial charge in [-0.3, -0.25) is 4.79 Å². The van der Waals surface area contributed by atoms with Crippen LogP contribution in [0.5, 0.6) is 0 Å². The minimum Gasteiger partial charge on any atom is -0.396 e. The number of likely N-dealkylation sites (tertiary alicyclic amines) is 1. The molecule has 1 aliphatic rings. The number of imidazole rings is 1. The summed E-state index contributed by atoms with van der Waals surface area (Å²) < 4.78 is 2.16. The lowest BCUT2D eigenvalue weighted by atomic mass is 10.0. The standard InChI is InChI=1S/C18H20N6O2/c19-6-3-16(26)23-8-1-2-12(11-23)24-15(5-9-25)22-14-10-21-18-13(17(14)24)4-7-20-18/h4,7,10,12,25H,1-3,5,8-9,11H2,(H,20,21)/t12-/m1/s1. The van der Waals surface area contributed by atoms with Gasteiger partial charge in [0.15, 0.2) is 0 Å². The number of aliphatic hydroxyl groups is 1. The first-order valence-electron chi connectivity index (χ1n) is 8.81. The van der Waals surface area contributed by atoms with Crippen molar-refractivity contribution in [2.75, 3.05) is 19.7 Å². The molecule has 1 fully saturated rings. The zero-order valence-electron chi connectivity index (χ0n) is 14.4. The fourth-order valence-corrected chi connectivity index (χ4v) is 3.88. The van der Waals surface area contributed by atoms with Crippen LogP contribution in [-0.4, -0.2) is 55.1 Å². The van der Waals surface area contributed by atoms with Crippen LogP contribution in [0.3, 0.4) is 0 Å². The van der Waals surface area contributed by atoms with E-state index in [1.807, 2.05) is 18.3 Å². The molecule has 0 radical (unpaired) electrons. The molecule has 0 unspecified atom stereocenters. The first-order chi connectivity index (χ1) is 12.7. The van der Waals surface area contributed by atoms with E-state index in [1.54, 1.807) is 11.1 Å². The molecule has 8 heteroatoms. The average Bonchev–Trinajstić information content (AvgIpc) is 3.26. The number of fused-ring (bicyclic) bond motifs is 3. The summed E-state index contributed by atoms with van der Waals surface area (Å²) in [4.78, 5) is 26.2. The number of hydrogen-bond acceptors (Lipinski definition) is 5. The van der Waals surface area contributed by atoms with Gasteiger partial charge in [-0.15, -0.1) is 0 Å². The molecule has 0 aromatic carbocycles. The molecule has 1 atom stereocenters. The molecule has 3 aromatic heterocycles. The molecular formula is C18H20N6O2. The molecular weight excluding hydrogens is 332 g/mol. The fraction of sp³-hybridized carbons (Fsp3) is 0.444. The van der Waals surface area contributed by atoms with Crippen molar-refractivity contribution < 1.29 is 9.90 Å². The molecule has 4 heterocycles.